The van der Waals surface area contributed by atoms with Crippen molar-refractivity contribution in [3.05, 3.63) is 0 Å². The van der Waals surface area contributed by atoms with Gasteiger partial charge in [-0.2, -0.15) is 11.8 Å². The number of urea groups is 1. The number of thioether (sulfide) groups is 1. The van der Waals surface area contributed by atoms with E-state index in [4.69, 9.17) is 5.11 Å². The topological polar surface area (TPSA) is 69.6 Å². The van der Waals surface area contributed by atoms with Gasteiger partial charge in [-0.3, -0.25) is 0 Å². The Morgan fingerprint density at radius 1 is 1.26 bits per heavy atom. The van der Waals surface area contributed by atoms with E-state index >= 15 is 0 Å². The predicted molar refractivity (Wildman–Crippen MR) is 75.4 cm³/mol. The van der Waals surface area contributed by atoms with E-state index < -0.39 is 12.0 Å². The Morgan fingerprint density at radius 3 is 2.58 bits per heavy atom. The predicted octanol–water partition coefficient (Wildman–Crippen LogP) is 1.78. The molecule has 1 atom stereocenters. The fraction of sp³-hybridized carbons (Fsp3) is 0.846. The monoisotopic (exact) mass is 286 g/mol. The normalized spacial score (nSPS) is 31.8. The molecule has 2 fully saturated rings. The summed E-state index contributed by atoms with van der Waals surface area (Å²) >= 11 is 1.60. The van der Waals surface area contributed by atoms with Crippen molar-refractivity contribution >= 4 is 23.8 Å². The molecule has 0 bridgehead atoms. The summed E-state index contributed by atoms with van der Waals surface area (Å²) in [6, 6.07) is -0.666. The summed E-state index contributed by atoms with van der Waals surface area (Å²) in [7, 11) is 0. The van der Waals surface area contributed by atoms with Gasteiger partial charge in [0.15, 0.2) is 0 Å². The van der Waals surface area contributed by atoms with E-state index in [1.54, 1.807) is 11.8 Å². The van der Waals surface area contributed by atoms with Crippen LogP contribution >= 0.6 is 11.8 Å². The number of hydrogen-bond donors (Lipinski definition) is 2. The van der Waals surface area contributed by atoms with Crippen LogP contribution in [-0.2, 0) is 4.79 Å². The lowest BCUT2D eigenvalue weighted by Gasteiger charge is -2.35. The van der Waals surface area contributed by atoms with Crippen molar-refractivity contribution in [3.63, 3.8) is 0 Å². The zero-order valence-electron chi connectivity index (χ0n) is 11.3. The molecular formula is C13H22N2O3S. The lowest BCUT2D eigenvalue weighted by atomic mass is 9.87. The number of nitrogens with zero attached hydrogens (tertiary/aromatic N) is 1. The number of carbonyl (C=O) groups is 2. The van der Waals surface area contributed by atoms with Crippen molar-refractivity contribution in [3.8, 4) is 0 Å². The van der Waals surface area contributed by atoms with Crippen molar-refractivity contribution in [1.29, 1.82) is 0 Å². The Balaban J connectivity index is 1.89. The Kier molecular flexibility index (Phi) is 4.96. The first kappa shape index (κ1) is 14.5. The fourth-order valence-corrected chi connectivity index (χ4v) is 3.75. The van der Waals surface area contributed by atoms with Gasteiger partial charge in [0.1, 0.15) is 6.04 Å². The highest BCUT2D eigenvalue weighted by Crippen LogP contribution is 2.24. The Bertz CT molecular complexity index is 343. The summed E-state index contributed by atoms with van der Waals surface area (Å²) in [4.78, 5) is 24.9. The van der Waals surface area contributed by atoms with E-state index in [9.17, 15) is 9.59 Å². The average molecular weight is 286 g/mol. The molecule has 0 aromatic rings. The van der Waals surface area contributed by atoms with E-state index in [0.29, 0.717) is 12.3 Å². The first-order valence-electron chi connectivity index (χ1n) is 6.95. The van der Waals surface area contributed by atoms with Gasteiger partial charge in [-0.1, -0.05) is 6.92 Å². The molecule has 108 valence electrons. The highest BCUT2D eigenvalue weighted by Gasteiger charge is 2.33. The number of nitrogens with one attached hydrogen (secondary N) is 1. The maximum Gasteiger partial charge on any atom is 0.327 e. The van der Waals surface area contributed by atoms with Crippen LogP contribution in [0.4, 0.5) is 4.79 Å². The van der Waals surface area contributed by atoms with Gasteiger partial charge in [-0.05, 0) is 31.6 Å². The minimum absolute atomic E-state index is 0.202. The molecule has 0 radical (unpaired) electrons. The SMILES string of the molecule is CC1CCC(NC(=O)N2CCSCC2C(=O)O)CC1. The quantitative estimate of drug-likeness (QED) is 0.812. The molecule has 2 amide bonds. The number of amides is 2. The number of aliphatic carboxylic acids is 1. The molecule has 2 rings (SSSR count). The first-order valence-corrected chi connectivity index (χ1v) is 8.11. The number of carbonyl (C=O) groups excluding carboxylic acids is 1. The molecule has 19 heavy (non-hydrogen) atoms. The largest absolute Gasteiger partial charge is 0.480 e. The van der Waals surface area contributed by atoms with Gasteiger partial charge in [0.2, 0.25) is 0 Å². The van der Waals surface area contributed by atoms with Crippen LogP contribution in [0.2, 0.25) is 0 Å². The molecule has 0 spiro atoms. The minimum Gasteiger partial charge on any atom is -0.480 e. The van der Waals surface area contributed by atoms with E-state index in [0.717, 1.165) is 37.4 Å². The van der Waals surface area contributed by atoms with Crippen LogP contribution in [0.1, 0.15) is 32.6 Å². The molecule has 2 N–H and O–H groups in total. The molecule has 1 saturated carbocycles. The summed E-state index contributed by atoms with van der Waals surface area (Å²) in [5.41, 5.74) is 0. The van der Waals surface area contributed by atoms with Crippen molar-refractivity contribution in [2.45, 2.75) is 44.7 Å². The van der Waals surface area contributed by atoms with E-state index in [-0.39, 0.29) is 12.1 Å². The average Bonchev–Trinajstić information content (AvgIpc) is 2.41. The molecule has 1 unspecified atom stereocenters. The molecule has 2 aliphatic rings. The van der Waals surface area contributed by atoms with Crippen LogP contribution in [0, 0.1) is 5.92 Å². The zero-order valence-corrected chi connectivity index (χ0v) is 12.1. The van der Waals surface area contributed by atoms with Gasteiger partial charge in [0.25, 0.3) is 0 Å². The standard InChI is InChI=1S/C13H22N2O3S/c1-9-2-4-10(5-3-9)14-13(18)15-6-7-19-8-11(15)12(16)17/h9-11H,2-8H2,1H3,(H,14,18)(H,16,17). The fourth-order valence-electron chi connectivity index (χ4n) is 2.71. The third-order valence-electron chi connectivity index (χ3n) is 4.02. The maximum absolute atomic E-state index is 12.2. The summed E-state index contributed by atoms with van der Waals surface area (Å²) in [5, 5.41) is 12.2. The minimum atomic E-state index is -0.903. The Labute approximate surface area is 118 Å². The first-order chi connectivity index (χ1) is 9.08. The zero-order chi connectivity index (χ0) is 13.8. The van der Waals surface area contributed by atoms with Crippen LogP contribution in [0.25, 0.3) is 0 Å². The van der Waals surface area contributed by atoms with Gasteiger partial charge >= 0.3 is 12.0 Å². The summed E-state index contributed by atoms with van der Waals surface area (Å²) in [6.07, 6.45) is 4.30. The van der Waals surface area contributed by atoms with Crippen LogP contribution in [0.3, 0.4) is 0 Å². The Morgan fingerprint density at radius 2 is 1.95 bits per heavy atom. The van der Waals surface area contributed by atoms with Gasteiger partial charge in [0, 0.05) is 24.1 Å². The second-order valence-corrected chi connectivity index (χ2v) is 6.68. The number of carboxylic acids is 1. The van der Waals surface area contributed by atoms with Crippen LogP contribution in [0.15, 0.2) is 0 Å². The molecule has 0 aromatic heterocycles. The van der Waals surface area contributed by atoms with E-state index in [1.165, 1.54) is 4.90 Å². The lowest BCUT2D eigenvalue weighted by Crippen LogP contribution is -2.55. The van der Waals surface area contributed by atoms with Crippen LogP contribution in [-0.4, -0.2) is 52.1 Å². The van der Waals surface area contributed by atoms with Crippen LogP contribution < -0.4 is 5.32 Å². The van der Waals surface area contributed by atoms with Gasteiger partial charge in [-0.25, -0.2) is 9.59 Å². The second kappa shape index (κ2) is 6.50. The van der Waals surface area contributed by atoms with Crippen molar-refractivity contribution < 1.29 is 14.7 Å². The molecular weight excluding hydrogens is 264 g/mol. The second-order valence-electron chi connectivity index (χ2n) is 5.53. The molecule has 6 heteroatoms. The highest BCUT2D eigenvalue weighted by atomic mass is 32.2. The van der Waals surface area contributed by atoms with Crippen molar-refractivity contribution in [2.24, 2.45) is 5.92 Å². The van der Waals surface area contributed by atoms with Crippen molar-refractivity contribution in [2.75, 3.05) is 18.1 Å². The number of hydrogen-bond acceptors (Lipinski definition) is 3. The molecule has 1 aliphatic carbocycles. The maximum atomic E-state index is 12.2. The summed E-state index contributed by atoms with van der Waals surface area (Å²) in [6.45, 7) is 2.76. The van der Waals surface area contributed by atoms with E-state index in [1.807, 2.05) is 0 Å². The summed E-state index contributed by atoms with van der Waals surface area (Å²) in [5.74, 6) is 1.15. The van der Waals surface area contributed by atoms with Gasteiger partial charge in [-0.15, -0.1) is 0 Å². The molecule has 1 aliphatic heterocycles. The third kappa shape index (κ3) is 3.78. The molecule has 1 heterocycles. The van der Waals surface area contributed by atoms with E-state index in [2.05, 4.69) is 12.2 Å². The smallest absolute Gasteiger partial charge is 0.327 e. The molecule has 1 saturated heterocycles. The van der Waals surface area contributed by atoms with Crippen LogP contribution in [0.5, 0.6) is 0 Å². The molecule has 0 aromatic carbocycles. The number of rotatable bonds is 2. The lowest BCUT2D eigenvalue weighted by molar-refractivity contribution is -0.141. The van der Waals surface area contributed by atoms with Gasteiger partial charge in [0.05, 0.1) is 0 Å². The molecule has 5 nitrogen and oxygen atoms in total. The highest BCUT2D eigenvalue weighted by molar-refractivity contribution is 7.99. The van der Waals surface area contributed by atoms with Gasteiger partial charge < -0.3 is 15.3 Å². The number of carboxylic acid groups (broad SMARTS) is 1. The van der Waals surface area contributed by atoms with Crippen molar-refractivity contribution in [1.82, 2.24) is 10.2 Å². The Hall–Kier alpha value is -0.910. The third-order valence-corrected chi connectivity index (χ3v) is 5.04. The summed E-state index contributed by atoms with van der Waals surface area (Å²) < 4.78 is 0.